The highest BCUT2D eigenvalue weighted by Gasteiger charge is 2.32. The van der Waals surface area contributed by atoms with Crippen LogP contribution in [0.25, 0.3) is 0 Å². The first-order valence-corrected chi connectivity index (χ1v) is 8.87. The Morgan fingerprint density at radius 2 is 2.05 bits per heavy atom. The number of hydrogen-bond donors (Lipinski definition) is 1. The summed E-state index contributed by atoms with van der Waals surface area (Å²) in [6, 6.07) is 3.99. The molecular weight excluding hydrogens is 347 g/mol. The molecule has 0 aromatic heterocycles. The molecule has 20 heavy (non-hydrogen) atoms. The van der Waals surface area contributed by atoms with Gasteiger partial charge in [-0.2, -0.15) is 4.31 Å². The zero-order chi connectivity index (χ0) is 14.8. The van der Waals surface area contributed by atoms with Crippen molar-refractivity contribution in [1.29, 1.82) is 0 Å². The van der Waals surface area contributed by atoms with Gasteiger partial charge in [0, 0.05) is 17.1 Å². The molecule has 0 saturated carbocycles. The van der Waals surface area contributed by atoms with Crippen LogP contribution >= 0.6 is 15.9 Å². The van der Waals surface area contributed by atoms with E-state index >= 15 is 0 Å². The molecule has 1 saturated heterocycles. The highest BCUT2D eigenvalue weighted by atomic mass is 79.9. The first-order valence-electron chi connectivity index (χ1n) is 6.64. The molecule has 1 aliphatic heterocycles. The number of rotatable bonds is 4. The Morgan fingerprint density at radius 1 is 1.40 bits per heavy atom. The smallest absolute Gasteiger partial charge is 0.246 e. The molecule has 0 unspecified atom stereocenters. The molecule has 0 radical (unpaired) electrons. The van der Waals surface area contributed by atoms with E-state index in [0.29, 0.717) is 11.0 Å². The highest BCUT2D eigenvalue weighted by Crippen LogP contribution is 2.26. The molecule has 7 heteroatoms. The fraction of sp³-hybridized carbons (Fsp3) is 0.538. The quantitative estimate of drug-likeness (QED) is 0.891. The van der Waals surface area contributed by atoms with Gasteiger partial charge in [0.15, 0.2) is 0 Å². The van der Waals surface area contributed by atoms with Crippen LogP contribution in [-0.2, 0) is 10.0 Å². The lowest BCUT2D eigenvalue weighted by Crippen LogP contribution is -2.46. The number of piperidine rings is 1. The molecular formula is C13H18BrFN2O2S. The van der Waals surface area contributed by atoms with Gasteiger partial charge in [0.05, 0.1) is 0 Å². The van der Waals surface area contributed by atoms with E-state index in [1.54, 1.807) is 13.0 Å². The van der Waals surface area contributed by atoms with Gasteiger partial charge in [-0.1, -0.05) is 22.9 Å². The second-order valence-corrected chi connectivity index (χ2v) is 7.54. The average Bonchev–Trinajstić information content (AvgIpc) is 2.40. The molecule has 1 N–H and O–H groups in total. The van der Waals surface area contributed by atoms with Crippen molar-refractivity contribution < 1.29 is 12.8 Å². The number of halogens is 2. The summed E-state index contributed by atoms with van der Waals surface area (Å²) < 4.78 is 41.2. The molecule has 0 aliphatic carbocycles. The zero-order valence-corrected chi connectivity index (χ0v) is 13.7. The van der Waals surface area contributed by atoms with E-state index in [4.69, 9.17) is 0 Å². The monoisotopic (exact) mass is 364 g/mol. The van der Waals surface area contributed by atoms with E-state index in [9.17, 15) is 12.8 Å². The summed E-state index contributed by atoms with van der Waals surface area (Å²) in [5.74, 6) is -0.716. The Labute approximate surface area is 127 Å². The maximum Gasteiger partial charge on any atom is 0.246 e. The maximum atomic E-state index is 14.0. The van der Waals surface area contributed by atoms with E-state index in [-0.39, 0.29) is 10.9 Å². The minimum absolute atomic E-state index is 0.0608. The lowest BCUT2D eigenvalue weighted by atomic mass is 10.1. The molecule has 0 amide bonds. The highest BCUT2D eigenvalue weighted by molar-refractivity contribution is 9.10. The van der Waals surface area contributed by atoms with Crippen molar-refractivity contribution in [2.45, 2.75) is 30.7 Å². The molecule has 0 spiro atoms. The number of benzene rings is 1. The molecule has 1 aromatic rings. The number of hydrogen-bond acceptors (Lipinski definition) is 3. The SMILES string of the molecule is CCN(C1CCNCC1)S(=O)(=O)c1ccc(Br)cc1F. The fourth-order valence-corrected chi connectivity index (χ4v) is 4.60. The minimum atomic E-state index is -3.79. The number of nitrogens with one attached hydrogen (secondary N) is 1. The summed E-state index contributed by atoms with van der Waals surface area (Å²) in [5.41, 5.74) is 0. The van der Waals surface area contributed by atoms with Crippen LogP contribution in [0.3, 0.4) is 0 Å². The third kappa shape index (κ3) is 3.21. The van der Waals surface area contributed by atoms with Gasteiger partial charge in [0.2, 0.25) is 10.0 Å². The first kappa shape index (κ1) is 15.9. The predicted molar refractivity (Wildman–Crippen MR) is 79.6 cm³/mol. The molecule has 0 atom stereocenters. The van der Waals surface area contributed by atoms with Crippen molar-refractivity contribution in [3.8, 4) is 0 Å². The molecule has 1 aliphatic rings. The second-order valence-electron chi connectivity index (χ2n) is 4.76. The summed E-state index contributed by atoms with van der Waals surface area (Å²) in [5, 5.41) is 3.20. The molecule has 112 valence electrons. The summed E-state index contributed by atoms with van der Waals surface area (Å²) >= 11 is 3.14. The van der Waals surface area contributed by atoms with Crippen molar-refractivity contribution in [3.05, 3.63) is 28.5 Å². The van der Waals surface area contributed by atoms with Crippen molar-refractivity contribution >= 4 is 26.0 Å². The van der Waals surface area contributed by atoms with Crippen LogP contribution < -0.4 is 5.32 Å². The zero-order valence-electron chi connectivity index (χ0n) is 11.3. The van der Waals surface area contributed by atoms with Gasteiger partial charge in [-0.15, -0.1) is 0 Å². The van der Waals surface area contributed by atoms with Crippen LogP contribution in [0.15, 0.2) is 27.6 Å². The molecule has 4 nitrogen and oxygen atoms in total. The van der Waals surface area contributed by atoms with Gasteiger partial charge in [-0.3, -0.25) is 0 Å². The molecule has 1 heterocycles. The van der Waals surface area contributed by atoms with Crippen LogP contribution in [0, 0.1) is 5.82 Å². The van der Waals surface area contributed by atoms with Gasteiger partial charge in [0.25, 0.3) is 0 Å². The second kappa shape index (κ2) is 6.51. The lowest BCUT2D eigenvalue weighted by Gasteiger charge is -2.33. The third-order valence-corrected chi connectivity index (χ3v) is 6.06. The minimum Gasteiger partial charge on any atom is -0.317 e. The van der Waals surface area contributed by atoms with Crippen molar-refractivity contribution in [2.24, 2.45) is 0 Å². The van der Waals surface area contributed by atoms with Crippen LogP contribution in [0.1, 0.15) is 19.8 Å². The molecule has 1 aromatic carbocycles. The lowest BCUT2D eigenvalue weighted by molar-refractivity contribution is 0.270. The predicted octanol–water partition coefficient (Wildman–Crippen LogP) is 2.35. The van der Waals surface area contributed by atoms with Gasteiger partial charge in [-0.05, 0) is 44.1 Å². The van der Waals surface area contributed by atoms with Crippen LogP contribution in [0.4, 0.5) is 4.39 Å². The van der Waals surface area contributed by atoms with Crippen molar-refractivity contribution in [2.75, 3.05) is 19.6 Å². The Morgan fingerprint density at radius 3 is 2.60 bits per heavy atom. The van der Waals surface area contributed by atoms with E-state index in [1.165, 1.54) is 16.4 Å². The maximum absolute atomic E-state index is 14.0. The third-order valence-electron chi connectivity index (χ3n) is 3.51. The van der Waals surface area contributed by atoms with Crippen LogP contribution in [0.2, 0.25) is 0 Å². The van der Waals surface area contributed by atoms with Crippen LogP contribution in [-0.4, -0.2) is 38.4 Å². The van der Waals surface area contributed by atoms with Gasteiger partial charge >= 0.3 is 0 Å². The number of sulfonamides is 1. The van der Waals surface area contributed by atoms with Crippen LogP contribution in [0.5, 0.6) is 0 Å². The van der Waals surface area contributed by atoms with Gasteiger partial charge < -0.3 is 5.32 Å². The van der Waals surface area contributed by atoms with Gasteiger partial charge in [0.1, 0.15) is 10.7 Å². The Bertz CT molecular complexity index is 574. The Kier molecular flexibility index (Phi) is 5.17. The molecule has 0 bridgehead atoms. The summed E-state index contributed by atoms with van der Waals surface area (Å²) in [6.45, 7) is 3.72. The summed E-state index contributed by atoms with van der Waals surface area (Å²) in [7, 11) is -3.79. The topological polar surface area (TPSA) is 49.4 Å². The summed E-state index contributed by atoms with van der Waals surface area (Å²) in [6.07, 6.45) is 1.51. The summed E-state index contributed by atoms with van der Waals surface area (Å²) in [4.78, 5) is -0.249. The van der Waals surface area contributed by atoms with E-state index < -0.39 is 15.8 Å². The Hall–Kier alpha value is -0.500. The van der Waals surface area contributed by atoms with E-state index in [0.717, 1.165) is 25.9 Å². The normalized spacial score (nSPS) is 17.6. The standard InChI is InChI=1S/C13H18BrFN2O2S/c1-2-17(11-5-7-16-8-6-11)20(18,19)13-4-3-10(14)9-12(13)15/h3-4,9,11,16H,2,5-8H2,1H3. The Balaban J connectivity index is 2.35. The number of nitrogens with zero attached hydrogens (tertiary/aromatic N) is 1. The van der Waals surface area contributed by atoms with Crippen molar-refractivity contribution in [3.63, 3.8) is 0 Å². The van der Waals surface area contributed by atoms with E-state index in [1.807, 2.05) is 0 Å². The largest absolute Gasteiger partial charge is 0.317 e. The van der Waals surface area contributed by atoms with Gasteiger partial charge in [-0.25, -0.2) is 12.8 Å². The fourth-order valence-electron chi connectivity index (χ4n) is 2.53. The first-order chi connectivity index (χ1) is 9.46. The van der Waals surface area contributed by atoms with E-state index in [2.05, 4.69) is 21.2 Å². The average molecular weight is 365 g/mol. The van der Waals surface area contributed by atoms with Crippen molar-refractivity contribution in [1.82, 2.24) is 9.62 Å². The molecule has 1 fully saturated rings. The molecule has 2 rings (SSSR count).